The van der Waals surface area contributed by atoms with Crippen molar-refractivity contribution >= 4 is 33.7 Å². The number of carbonyl (C=O) groups is 2. The Labute approximate surface area is 190 Å². The minimum Gasteiger partial charge on any atom is -0.480 e. The SMILES string of the molecule is CC(C)(C(=O)O)n1ccc2c(F)cccc21.COC(=O)C(C)(C)n1ccc2c(F)cccc21. The van der Waals surface area contributed by atoms with Gasteiger partial charge in [0.15, 0.2) is 0 Å². The topological polar surface area (TPSA) is 73.5 Å². The summed E-state index contributed by atoms with van der Waals surface area (Å²) in [4.78, 5) is 22.9. The van der Waals surface area contributed by atoms with Gasteiger partial charge in [-0.25, -0.2) is 18.4 Å². The van der Waals surface area contributed by atoms with E-state index in [1.165, 1.54) is 19.2 Å². The number of benzene rings is 2. The van der Waals surface area contributed by atoms with Gasteiger partial charge < -0.3 is 19.0 Å². The molecule has 0 aliphatic rings. The molecule has 8 heteroatoms. The Balaban J connectivity index is 0.000000186. The second-order valence-corrected chi connectivity index (χ2v) is 8.63. The summed E-state index contributed by atoms with van der Waals surface area (Å²) in [5.41, 5.74) is -0.673. The molecule has 1 N–H and O–H groups in total. The molecule has 0 saturated carbocycles. The van der Waals surface area contributed by atoms with E-state index in [2.05, 4.69) is 0 Å². The summed E-state index contributed by atoms with van der Waals surface area (Å²) in [5.74, 6) is -1.94. The third kappa shape index (κ3) is 4.20. The van der Waals surface area contributed by atoms with E-state index in [0.717, 1.165) is 0 Å². The molecule has 0 fully saturated rings. The molecule has 6 nitrogen and oxygen atoms in total. The van der Waals surface area contributed by atoms with Gasteiger partial charge >= 0.3 is 11.9 Å². The molecule has 0 amide bonds. The molecule has 174 valence electrons. The Hall–Kier alpha value is -3.68. The smallest absolute Gasteiger partial charge is 0.331 e. The fraction of sp³-hybridized carbons (Fsp3) is 0.280. The van der Waals surface area contributed by atoms with Crippen molar-refractivity contribution in [1.29, 1.82) is 0 Å². The number of hydrogen-bond donors (Lipinski definition) is 1. The lowest BCUT2D eigenvalue weighted by Crippen LogP contribution is -2.36. The van der Waals surface area contributed by atoms with Gasteiger partial charge in [-0.3, -0.25) is 0 Å². The minimum atomic E-state index is -1.09. The van der Waals surface area contributed by atoms with Crippen LogP contribution in [-0.2, 0) is 25.4 Å². The number of nitrogens with zero attached hydrogens (tertiary/aromatic N) is 2. The second-order valence-electron chi connectivity index (χ2n) is 8.63. The van der Waals surface area contributed by atoms with E-state index < -0.39 is 17.0 Å². The maximum absolute atomic E-state index is 13.5. The molecular weight excluding hydrogens is 430 g/mol. The highest BCUT2D eigenvalue weighted by atomic mass is 19.1. The Morgan fingerprint density at radius 1 is 0.788 bits per heavy atom. The summed E-state index contributed by atoms with van der Waals surface area (Å²) in [7, 11) is 1.34. The number of rotatable bonds is 4. The van der Waals surface area contributed by atoms with Crippen LogP contribution in [0.15, 0.2) is 60.9 Å². The number of fused-ring (bicyclic) bond motifs is 2. The lowest BCUT2D eigenvalue weighted by atomic mass is 10.1. The zero-order valence-corrected chi connectivity index (χ0v) is 19.1. The molecule has 0 atom stereocenters. The summed E-state index contributed by atoms with van der Waals surface area (Å²) >= 11 is 0. The molecule has 0 spiro atoms. The molecular formula is C25H26F2N2O4. The van der Waals surface area contributed by atoms with E-state index in [-0.39, 0.29) is 17.6 Å². The Bertz CT molecular complexity index is 1330. The van der Waals surface area contributed by atoms with Gasteiger partial charge in [-0.15, -0.1) is 0 Å². The largest absolute Gasteiger partial charge is 0.480 e. The zero-order valence-electron chi connectivity index (χ0n) is 19.1. The highest BCUT2D eigenvalue weighted by Gasteiger charge is 2.32. The van der Waals surface area contributed by atoms with Crippen molar-refractivity contribution in [3.8, 4) is 0 Å². The number of carbonyl (C=O) groups excluding carboxylic acids is 1. The van der Waals surface area contributed by atoms with E-state index in [4.69, 9.17) is 9.84 Å². The van der Waals surface area contributed by atoms with Gasteiger partial charge in [-0.05, 0) is 64.1 Å². The summed E-state index contributed by atoms with van der Waals surface area (Å²) in [6.07, 6.45) is 3.30. The molecule has 0 saturated heterocycles. The number of aliphatic carboxylic acids is 1. The summed E-state index contributed by atoms with van der Waals surface area (Å²) in [6.45, 7) is 6.64. The van der Waals surface area contributed by atoms with Crippen LogP contribution in [0.5, 0.6) is 0 Å². The third-order valence-corrected chi connectivity index (χ3v) is 5.77. The minimum absolute atomic E-state index is 0.290. The van der Waals surface area contributed by atoms with Crippen molar-refractivity contribution in [2.75, 3.05) is 7.11 Å². The second kappa shape index (κ2) is 8.69. The van der Waals surface area contributed by atoms with Crippen molar-refractivity contribution < 1.29 is 28.2 Å². The van der Waals surface area contributed by atoms with Crippen LogP contribution in [0, 0.1) is 11.6 Å². The van der Waals surface area contributed by atoms with Crippen LogP contribution in [0.25, 0.3) is 21.8 Å². The quantitative estimate of drug-likeness (QED) is 0.424. The number of halogens is 2. The molecule has 0 aliphatic heterocycles. The van der Waals surface area contributed by atoms with Crippen LogP contribution in [0.2, 0.25) is 0 Å². The maximum atomic E-state index is 13.5. The van der Waals surface area contributed by atoms with Gasteiger partial charge in [-0.1, -0.05) is 12.1 Å². The first-order valence-corrected chi connectivity index (χ1v) is 10.3. The first kappa shape index (κ1) is 24.0. The Morgan fingerprint density at radius 3 is 1.61 bits per heavy atom. The molecule has 4 aromatic rings. The van der Waals surface area contributed by atoms with E-state index in [9.17, 15) is 18.4 Å². The number of methoxy groups -OCH3 is 1. The average Bonchev–Trinajstić information content (AvgIpc) is 3.40. The van der Waals surface area contributed by atoms with Crippen LogP contribution >= 0.6 is 0 Å². The number of esters is 1. The Kier molecular flexibility index (Phi) is 6.31. The van der Waals surface area contributed by atoms with E-state index in [1.807, 2.05) is 0 Å². The lowest BCUT2D eigenvalue weighted by molar-refractivity contribution is -0.149. The molecule has 0 bridgehead atoms. The van der Waals surface area contributed by atoms with Crippen molar-refractivity contribution in [1.82, 2.24) is 9.13 Å². The number of carboxylic acids is 1. The fourth-order valence-corrected chi connectivity index (χ4v) is 3.69. The van der Waals surface area contributed by atoms with Gasteiger partial charge in [0.2, 0.25) is 0 Å². The van der Waals surface area contributed by atoms with Crippen LogP contribution in [0.1, 0.15) is 27.7 Å². The zero-order chi connectivity index (χ0) is 24.6. The first-order valence-electron chi connectivity index (χ1n) is 10.3. The van der Waals surface area contributed by atoms with Crippen molar-refractivity contribution in [3.63, 3.8) is 0 Å². The normalized spacial score (nSPS) is 11.8. The molecule has 4 rings (SSSR count). The monoisotopic (exact) mass is 456 g/mol. The molecule has 0 unspecified atom stereocenters. The van der Waals surface area contributed by atoms with Crippen molar-refractivity contribution in [2.45, 2.75) is 38.8 Å². The number of hydrogen-bond acceptors (Lipinski definition) is 3. The summed E-state index contributed by atoms with van der Waals surface area (Å²) in [6, 6.07) is 12.7. The number of aromatic nitrogens is 2. The van der Waals surface area contributed by atoms with Gasteiger partial charge in [-0.2, -0.15) is 0 Å². The summed E-state index contributed by atoms with van der Waals surface area (Å²) < 4.78 is 35.0. The van der Waals surface area contributed by atoms with Crippen LogP contribution in [0.4, 0.5) is 8.78 Å². The average molecular weight is 456 g/mol. The highest BCUT2D eigenvalue weighted by Crippen LogP contribution is 2.27. The Morgan fingerprint density at radius 2 is 1.21 bits per heavy atom. The van der Waals surface area contributed by atoms with Gasteiger partial charge in [0, 0.05) is 23.2 Å². The molecule has 0 radical (unpaired) electrons. The predicted octanol–water partition coefficient (Wildman–Crippen LogP) is 5.29. The van der Waals surface area contributed by atoms with Crippen LogP contribution in [0.3, 0.4) is 0 Å². The van der Waals surface area contributed by atoms with E-state index in [1.54, 1.807) is 85.6 Å². The van der Waals surface area contributed by atoms with Gasteiger partial charge in [0.1, 0.15) is 22.7 Å². The number of ether oxygens (including phenoxy) is 1. The van der Waals surface area contributed by atoms with Gasteiger partial charge in [0.05, 0.1) is 18.1 Å². The van der Waals surface area contributed by atoms with E-state index in [0.29, 0.717) is 21.8 Å². The van der Waals surface area contributed by atoms with Gasteiger partial charge in [0.25, 0.3) is 0 Å². The summed E-state index contributed by atoms with van der Waals surface area (Å²) in [5, 5.41) is 10.1. The molecule has 2 aromatic carbocycles. The van der Waals surface area contributed by atoms with Crippen molar-refractivity contribution in [2.24, 2.45) is 0 Å². The maximum Gasteiger partial charge on any atom is 0.331 e. The predicted molar refractivity (Wildman–Crippen MR) is 122 cm³/mol. The molecule has 2 heterocycles. The van der Waals surface area contributed by atoms with E-state index >= 15 is 0 Å². The highest BCUT2D eigenvalue weighted by molar-refractivity contribution is 5.86. The standard InChI is InChI=1S/C13H14FNO2.C12H12FNO2/c1-13(2,12(16)17-3)15-8-7-9-10(14)5-4-6-11(9)15;1-12(2,11(15)16)14-7-6-8-9(13)4-3-5-10(8)14/h4-8H,1-3H3;3-7H,1-2H3,(H,15,16). The fourth-order valence-electron chi connectivity index (χ4n) is 3.69. The number of carboxylic acid groups (broad SMARTS) is 1. The van der Waals surface area contributed by atoms with Crippen molar-refractivity contribution in [3.05, 3.63) is 72.6 Å². The molecule has 2 aromatic heterocycles. The lowest BCUT2D eigenvalue weighted by Gasteiger charge is -2.24. The van der Waals surface area contributed by atoms with Crippen LogP contribution in [-0.4, -0.2) is 33.3 Å². The third-order valence-electron chi connectivity index (χ3n) is 5.77. The first-order chi connectivity index (χ1) is 15.4. The molecule has 33 heavy (non-hydrogen) atoms. The molecule has 0 aliphatic carbocycles. The van der Waals surface area contributed by atoms with Crippen LogP contribution < -0.4 is 0 Å².